The van der Waals surface area contributed by atoms with Crippen molar-refractivity contribution in [2.45, 2.75) is 51.4 Å². The molecule has 110 valence electrons. The van der Waals surface area contributed by atoms with Crippen molar-refractivity contribution in [2.75, 3.05) is 19.6 Å². The molecule has 0 radical (unpaired) electrons. The van der Waals surface area contributed by atoms with E-state index in [1.54, 1.807) is 0 Å². The molecule has 1 saturated carbocycles. The molecule has 1 saturated heterocycles. The maximum Gasteiger partial charge on any atom is 0.108 e. The quantitative estimate of drug-likeness (QED) is 0.857. The van der Waals surface area contributed by atoms with Gasteiger partial charge in [-0.15, -0.1) is 0 Å². The molecule has 2 fully saturated rings. The molecule has 2 N–H and O–H groups in total. The number of amidine groups is 1. The third kappa shape index (κ3) is 2.98. The molecule has 2 aliphatic heterocycles. The topological polar surface area (TPSA) is 41.6 Å². The monoisotopic (exact) mass is 273 g/mol. The lowest BCUT2D eigenvalue weighted by Gasteiger charge is -2.48. The molecule has 1 spiro atoms. The Balaban J connectivity index is 1.55. The Kier molecular flexibility index (Phi) is 4.25. The summed E-state index contributed by atoms with van der Waals surface area (Å²) < 4.78 is 0. The number of allylic oxidation sites excluding steroid dienone is 2. The molecule has 3 heteroatoms. The summed E-state index contributed by atoms with van der Waals surface area (Å²) in [6.45, 7) is 3.18. The van der Waals surface area contributed by atoms with Crippen LogP contribution in [-0.2, 0) is 0 Å². The molecule has 0 unspecified atom stereocenters. The fraction of sp³-hybridized carbons (Fsp3) is 0.706. The number of hydrogen-bond acceptors (Lipinski definition) is 3. The summed E-state index contributed by atoms with van der Waals surface area (Å²) in [5.41, 5.74) is 7.70. The standard InChI is InChI=1S/C17H27N3/c18-11-1-3-15-4-5-16(19-12-6-15)20-13-9-17(10-14-20)7-2-8-17/h4,6,12H,1-3,5,7-11,13-14,18H2. The lowest BCUT2D eigenvalue weighted by atomic mass is 9.63. The van der Waals surface area contributed by atoms with Crippen molar-refractivity contribution in [1.82, 2.24) is 4.90 Å². The summed E-state index contributed by atoms with van der Waals surface area (Å²) in [4.78, 5) is 7.19. The maximum absolute atomic E-state index is 5.58. The van der Waals surface area contributed by atoms with E-state index in [-0.39, 0.29) is 0 Å². The second-order valence-electron chi connectivity index (χ2n) is 6.58. The summed E-state index contributed by atoms with van der Waals surface area (Å²) in [6, 6.07) is 0. The number of nitrogens with zero attached hydrogens (tertiary/aromatic N) is 2. The molecule has 0 aromatic rings. The molecule has 3 aliphatic rings. The maximum atomic E-state index is 5.58. The van der Waals surface area contributed by atoms with Gasteiger partial charge < -0.3 is 10.6 Å². The van der Waals surface area contributed by atoms with Gasteiger partial charge in [-0.3, -0.25) is 0 Å². The van der Waals surface area contributed by atoms with Crippen LogP contribution in [0.15, 0.2) is 28.9 Å². The Hall–Kier alpha value is -1.09. The van der Waals surface area contributed by atoms with Crippen molar-refractivity contribution in [2.24, 2.45) is 16.1 Å². The molecule has 0 bridgehead atoms. The lowest BCUT2D eigenvalue weighted by Crippen LogP contribution is -2.45. The van der Waals surface area contributed by atoms with E-state index in [0.717, 1.165) is 31.2 Å². The van der Waals surface area contributed by atoms with Gasteiger partial charge in [-0.2, -0.15) is 0 Å². The Morgan fingerprint density at radius 1 is 1.20 bits per heavy atom. The third-order valence-corrected chi connectivity index (χ3v) is 5.33. The van der Waals surface area contributed by atoms with Crippen LogP contribution in [-0.4, -0.2) is 30.4 Å². The summed E-state index contributed by atoms with van der Waals surface area (Å²) in [7, 11) is 0. The van der Waals surface area contributed by atoms with Crippen LogP contribution in [0.2, 0.25) is 0 Å². The normalized spacial score (nSPS) is 24.9. The zero-order valence-electron chi connectivity index (χ0n) is 12.5. The number of hydrogen-bond donors (Lipinski definition) is 1. The van der Waals surface area contributed by atoms with E-state index in [0.29, 0.717) is 0 Å². The molecule has 0 aromatic heterocycles. The summed E-state index contributed by atoms with van der Waals surface area (Å²) >= 11 is 0. The summed E-state index contributed by atoms with van der Waals surface area (Å²) in [5.74, 6) is 1.26. The Morgan fingerprint density at radius 3 is 2.65 bits per heavy atom. The highest BCUT2D eigenvalue weighted by Crippen LogP contribution is 2.48. The van der Waals surface area contributed by atoms with E-state index < -0.39 is 0 Å². The number of aliphatic imine (C=N–C) groups is 1. The summed E-state index contributed by atoms with van der Waals surface area (Å²) in [6.07, 6.45) is 16.8. The predicted molar refractivity (Wildman–Crippen MR) is 84.7 cm³/mol. The second kappa shape index (κ2) is 6.13. The van der Waals surface area contributed by atoms with E-state index in [1.807, 2.05) is 6.20 Å². The zero-order valence-corrected chi connectivity index (χ0v) is 12.5. The first-order valence-electron chi connectivity index (χ1n) is 8.19. The largest absolute Gasteiger partial charge is 0.360 e. The molecule has 0 atom stereocenters. The van der Waals surface area contributed by atoms with E-state index in [4.69, 9.17) is 5.73 Å². The molecule has 2 heterocycles. The van der Waals surface area contributed by atoms with Crippen LogP contribution in [0.1, 0.15) is 51.4 Å². The fourth-order valence-electron chi connectivity index (χ4n) is 3.68. The Labute approximate surface area is 122 Å². The van der Waals surface area contributed by atoms with E-state index in [1.165, 1.54) is 56.6 Å². The zero-order chi connectivity index (χ0) is 13.8. The van der Waals surface area contributed by atoms with Crippen LogP contribution in [0.5, 0.6) is 0 Å². The van der Waals surface area contributed by atoms with Gasteiger partial charge in [-0.25, -0.2) is 4.99 Å². The molecule has 1 aliphatic carbocycles. The van der Waals surface area contributed by atoms with Gasteiger partial charge in [0, 0.05) is 25.7 Å². The second-order valence-corrected chi connectivity index (χ2v) is 6.58. The van der Waals surface area contributed by atoms with E-state index in [2.05, 4.69) is 22.0 Å². The van der Waals surface area contributed by atoms with Crippen LogP contribution in [0.25, 0.3) is 0 Å². The van der Waals surface area contributed by atoms with Gasteiger partial charge in [0.25, 0.3) is 0 Å². The molecular weight excluding hydrogens is 246 g/mol. The van der Waals surface area contributed by atoms with Crippen LogP contribution in [0, 0.1) is 5.41 Å². The Morgan fingerprint density at radius 2 is 2.00 bits per heavy atom. The van der Waals surface area contributed by atoms with Crippen LogP contribution in [0.3, 0.4) is 0 Å². The van der Waals surface area contributed by atoms with Crippen LogP contribution < -0.4 is 5.73 Å². The van der Waals surface area contributed by atoms with Crippen molar-refractivity contribution in [3.63, 3.8) is 0 Å². The fourth-order valence-corrected chi connectivity index (χ4v) is 3.68. The van der Waals surface area contributed by atoms with Gasteiger partial charge in [-0.05, 0) is 62.1 Å². The van der Waals surface area contributed by atoms with E-state index >= 15 is 0 Å². The highest BCUT2D eigenvalue weighted by molar-refractivity contribution is 5.85. The summed E-state index contributed by atoms with van der Waals surface area (Å²) in [5, 5.41) is 0. The van der Waals surface area contributed by atoms with Gasteiger partial charge in [-0.1, -0.05) is 12.5 Å². The smallest absolute Gasteiger partial charge is 0.108 e. The molecule has 0 amide bonds. The molecule has 3 rings (SSSR count). The molecule has 20 heavy (non-hydrogen) atoms. The minimum absolute atomic E-state index is 0.722. The predicted octanol–water partition coefficient (Wildman–Crippen LogP) is 3.23. The van der Waals surface area contributed by atoms with Gasteiger partial charge in [0.15, 0.2) is 0 Å². The number of nitrogens with two attached hydrogens (primary N) is 1. The highest BCUT2D eigenvalue weighted by Gasteiger charge is 2.39. The van der Waals surface area contributed by atoms with Gasteiger partial charge in [0.2, 0.25) is 0 Å². The molecule has 0 aromatic carbocycles. The molecular formula is C17H27N3. The third-order valence-electron chi connectivity index (χ3n) is 5.33. The van der Waals surface area contributed by atoms with Gasteiger partial charge in [0.1, 0.15) is 5.84 Å². The van der Waals surface area contributed by atoms with Crippen LogP contribution >= 0.6 is 0 Å². The Bertz CT molecular complexity index is 420. The average Bonchev–Trinajstić information content (AvgIpc) is 2.69. The first-order chi connectivity index (χ1) is 9.81. The van der Waals surface area contributed by atoms with E-state index in [9.17, 15) is 0 Å². The number of likely N-dealkylation sites (tertiary alicyclic amines) is 1. The van der Waals surface area contributed by atoms with Crippen molar-refractivity contribution in [3.8, 4) is 0 Å². The van der Waals surface area contributed by atoms with Gasteiger partial charge in [0.05, 0.1) is 0 Å². The molecule has 3 nitrogen and oxygen atoms in total. The van der Waals surface area contributed by atoms with Crippen molar-refractivity contribution >= 4 is 5.84 Å². The van der Waals surface area contributed by atoms with Crippen molar-refractivity contribution in [1.29, 1.82) is 0 Å². The SMILES string of the molecule is NCCCC1=CCC(N2CCC3(CCC3)CC2)=NC=C1. The van der Waals surface area contributed by atoms with Crippen molar-refractivity contribution < 1.29 is 0 Å². The lowest BCUT2D eigenvalue weighted by molar-refractivity contribution is 0.0566. The first-order valence-corrected chi connectivity index (χ1v) is 8.19. The average molecular weight is 273 g/mol. The van der Waals surface area contributed by atoms with Crippen LogP contribution in [0.4, 0.5) is 0 Å². The minimum atomic E-state index is 0.722. The highest BCUT2D eigenvalue weighted by atomic mass is 15.2. The first kappa shape index (κ1) is 13.9. The number of rotatable bonds is 3. The minimum Gasteiger partial charge on any atom is -0.360 e. The number of piperidine rings is 1. The van der Waals surface area contributed by atoms with Crippen molar-refractivity contribution in [3.05, 3.63) is 23.9 Å². The van der Waals surface area contributed by atoms with Gasteiger partial charge >= 0.3 is 0 Å².